The summed E-state index contributed by atoms with van der Waals surface area (Å²) in [4.78, 5) is 28.8. The molecule has 2 amide bonds. The fraction of sp³-hybridized carbons (Fsp3) is 0.267. The molecule has 2 aliphatic rings. The summed E-state index contributed by atoms with van der Waals surface area (Å²) in [5.74, 6) is -2.96. The molecule has 120 valence electrons. The highest BCUT2D eigenvalue weighted by atomic mass is 79.9. The van der Waals surface area contributed by atoms with Gasteiger partial charge in [-0.15, -0.1) is 0 Å². The van der Waals surface area contributed by atoms with Crippen LogP contribution < -0.4 is 4.90 Å². The number of hydrogen-bond donors (Lipinski definition) is 0. The number of nitrogens with zero attached hydrogens (tertiary/aromatic N) is 2. The van der Waals surface area contributed by atoms with Crippen molar-refractivity contribution in [1.82, 2.24) is 0 Å². The SMILES string of the molecule is O=C1N=C(C(F)(F)F)C=CC1C(=O)N1CCc2cc(Br)ccc21. The fourth-order valence-electron chi connectivity index (χ4n) is 2.61. The van der Waals surface area contributed by atoms with Crippen molar-refractivity contribution in [1.29, 1.82) is 0 Å². The summed E-state index contributed by atoms with van der Waals surface area (Å²) in [6.45, 7) is 0.387. The first-order valence-electron chi connectivity index (χ1n) is 6.75. The van der Waals surface area contributed by atoms with Gasteiger partial charge >= 0.3 is 6.18 Å². The van der Waals surface area contributed by atoms with Gasteiger partial charge in [-0.3, -0.25) is 9.59 Å². The van der Waals surface area contributed by atoms with Gasteiger partial charge in [0.2, 0.25) is 5.91 Å². The summed E-state index contributed by atoms with van der Waals surface area (Å²) >= 11 is 3.34. The van der Waals surface area contributed by atoms with Gasteiger partial charge in [0.1, 0.15) is 11.6 Å². The third-order valence-electron chi connectivity index (χ3n) is 3.70. The molecule has 0 spiro atoms. The monoisotopic (exact) mass is 386 g/mol. The molecule has 1 aromatic rings. The summed E-state index contributed by atoms with van der Waals surface area (Å²) in [7, 11) is 0. The van der Waals surface area contributed by atoms with Gasteiger partial charge in [-0.25, -0.2) is 4.99 Å². The largest absolute Gasteiger partial charge is 0.433 e. The Morgan fingerprint density at radius 3 is 2.74 bits per heavy atom. The number of carbonyl (C=O) groups excluding carboxylic acids is 2. The van der Waals surface area contributed by atoms with Crippen LogP contribution in [0.3, 0.4) is 0 Å². The van der Waals surface area contributed by atoms with E-state index in [0.717, 1.165) is 16.1 Å². The van der Waals surface area contributed by atoms with Crippen LogP contribution in [0.25, 0.3) is 0 Å². The van der Waals surface area contributed by atoms with E-state index in [9.17, 15) is 22.8 Å². The minimum atomic E-state index is -4.70. The van der Waals surface area contributed by atoms with E-state index in [-0.39, 0.29) is 0 Å². The summed E-state index contributed by atoms with van der Waals surface area (Å²) in [6, 6.07) is 5.38. The van der Waals surface area contributed by atoms with Crippen molar-refractivity contribution in [3.8, 4) is 0 Å². The molecule has 0 aromatic heterocycles. The van der Waals surface area contributed by atoms with Gasteiger partial charge in [-0.2, -0.15) is 13.2 Å². The van der Waals surface area contributed by atoms with Crippen LogP contribution in [0.1, 0.15) is 5.56 Å². The van der Waals surface area contributed by atoms with Crippen LogP contribution >= 0.6 is 15.9 Å². The molecule has 2 heterocycles. The van der Waals surface area contributed by atoms with Gasteiger partial charge in [0.25, 0.3) is 5.91 Å². The lowest BCUT2D eigenvalue weighted by molar-refractivity contribution is -0.130. The highest BCUT2D eigenvalue weighted by molar-refractivity contribution is 9.10. The third-order valence-corrected chi connectivity index (χ3v) is 4.20. The molecular weight excluding hydrogens is 377 g/mol. The maximum absolute atomic E-state index is 12.5. The Bertz CT molecular complexity index is 756. The predicted octanol–water partition coefficient (Wildman–Crippen LogP) is 3.05. The lowest BCUT2D eigenvalue weighted by Crippen LogP contribution is -2.39. The Morgan fingerprint density at radius 1 is 1.35 bits per heavy atom. The van der Waals surface area contributed by atoms with Crippen molar-refractivity contribution in [2.75, 3.05) is 11.4 Å². The van der Waals surface area contributed by atoms with Crippen molar-refractivity contribution in [3.63, 3.8) is 0 Å². The number of hydrogen-bond acceptors (Lipinski definition) is 2. The Kier molecular flexibility index (Phi) is 3.87. The van der Waals surface area contributed by atoms with Gasteiger partial charge in [0.05, 0.1) is 0 Å². The topological polar surface area (TPSA) is 49.7 Å². The molecule has 0 aliphatic carbocycles. The summed E-state index contributed by atoms with van der Waals surface area (Å²) in [5, 5.41) is 0. The number of allylic oxidation sites excluding steroid dienone is 1. The zero-order valence-corrected chi connectivity index (χ0v) is 13.2. The Morgan fingerprint density at radius 2 is 2.09 bits per heavy atom. The Hall–Kier alpha value is -1.96. The lowest BCUT2D eigenvalue weighted by Gasteiger charge is -2.22. The number of rotatable bonds is 1. The second-order valence-corrected chi connectivity index (χ2v) is 6.10. The first kappa shape index (κ1) is 15.9. The zero-order chi connectivity index (χ0) is 16.8. The van der Waals surface area contributed by atoms with Gasteiger partial charge < -0.3 is 4.90 Å². The number of carbonyl (C=O) groups is 2. The number of anilines is 1. The van der Waals surface area contributed by atoms with Crippen molar-refractivity contribution < 1.29 is 22.8 Å². The highest BCUT2D eigenvalue weighted by Gasteiger charge is 2.40. The molecule has 1 aromatic carbocycles. The molecule has 0 saturated heterocycles. The van der Waals surface area contributed by atoms with E-state index in [1.807, 2.05) is 6.07 Å². The molecular formula is C15H10BrF3N2O2. The molecule has 1 atom stereocenters. The van der Waals surface area contributed by atoms with E-state index in [4.69, 9.17) is 0 Å². The van der Waals surface area contributed by atoms with Crippen molar-refractivity contribution in [2.45, 2.75) is 12.6 Å². The minimum Gasteiger partial charge on any atom is -0.311 e. The van der Waals surface area contributed by atoms with E-state index in [1.165, 1.54) is 4.90 Å². The second-order valence-electron chi connectivity index (χ2n) is 5.18. The second kappa shape index (κ2) is 5.59. The molecule has 0 bridgehead atoms. The van der Waals surface area contributed by atoms with E-state index >= 15 is 0 Å². The van der Waals surface area contributed by atoms with Gasteiger partial charge in [0, 0.05) is 16.7 Å². The molecule has 0 N–H and O–H groups in total. The zero-order valence-electron chi connectivity index (χ0n) is 11.6. The molecule has 0 fully saturated rings. The van der Waals surface area contributed by atoms with E-state index < -0.39 is 29.6 Å². The van der Waals surface area contributed by atoms with Crippen LogP contribution in [0.2, 0.25) is 0 Å². The number of aliphatic imine (C=N–C) groups is 1. The van der Waals surface area contributed by atoms with Gasteiger partial charge in [-0.05, 0) is 36.3 Å². The van der Waals surface area contributed by atoms with Gasteiger partial charge in [0.15, 0.2) is 0 Å². The van der Waals surface area contributed by atoms with E-state index in [1.54, 1.807) is 12.1 Å². The van der Waals surface area contributed by atoms with Crippen molar-refractivity contribution in [2.24, 2.45) is 10.9 Å². The molecule has 2 aliphatic heterocycles. The number of benzene rings is 1. The van der Waals surface area contributed by atoms with Crippen molar-refractivity contribution in [3.05, 3.63) is 40.4 Å². The van der Waals surface area contributed by atoms with E-state index in [2.05, 4.69) is 20.9 Å². The minimum absolute atomic E-state index is 0.387. The number of amides is 2. The van der Waals surface area contributed by atoms with E-state index in [0.29, 0.717) is 24.7 Å². The summed E-state index contributed by atoms with van der Waals surface area (Å²) < 4.78 is 38.5. The molecule has 1 unspecified atom stereocenters. The fourth-order valence-corrected chi connectivity index (χ4v) is 3.02. The molecule has 8 heteroatoms. The molecule has 0 saturated carbocycles. The molecule has 3 rings (SSSR count). The predicted molar refractivity (Wildman–Crippen MR) is 81.3 cm³/mol. The quantitative estimate of drug-likeness (QED) is 0.696. The molecule has 0 radical (unpaired) electrons. The first-order chi connectivity index (χ1) is 10.8. The number of halogens is 4. The number of alkyl halides is 3. The lowest BCUT2D eigenvalue weighted by atomic mass is 10.0. The number of dihydropyridines is 1. The average molecular weight is 387 g/mol. The number of fused-ring (bicyclic) bond motifs is 1. The normalized spacial score (nSPS) is 20.5. The van der Waals surface area contributed by atoms with Crippen molar-refractivity contribution >= 4 is 39.1 Å². The highest BCUT2D eigenvalue weighted by Crippen LogP contribution is 2.32. The smallest absolute Gasteiger partial charge is 0.311 e. The first-order valence-corrected chi connectivity index (χ1v) is 7.54. The molecule has 4 nitrogen and oxygen atoms in total. The maximum Gasteiger partial charge on any atom is 0.433 e. The van der Waals surface area contributed by atoms with Crippen LogP contribution in [0.4, 0.5) is 18.9 Å². The van der Waals surface area contributed by atoms with Gasteiger partial charge in [-0.1, -0.05) is 22.0 Å². The average Bonchev–Trinajstić information content (AvgIpc) is 2.88. The van der Waals surface area contributed by atoms with Crippen LogP contribution in [0.5, 0.6) is 0 Å². The van der Waals surface area contributed by atoms with Crippen LogP contribution in [-0.4, -0.2) is 30.2 Å². The van der Waals surface area contributed by atoms with Crippen LogP contribution in [0.15, 0.2) is 39.8 Å². The third kappa shape index (κ3) is 2.95. The van der Waals surface area contributed by atoms with Crippen LogP contribution in [-0.2, 0) is 16.0 Å². The summed E-state index contributed by atoms with van der Waals surface area (Å²) in [5.41, 5.74) is 0.335. The molecule has 23 heavy (non-hydrogen) atoms. The Balaban J connectivity index is 1.83. The Labute approximate surface area is 137 Å². The van der Waals surface area contributed by atoms with Crippen LogP contribution in [0, 0.1) is 5.92 Å². The maximum atomic E-state index is 12.5. The summed E-state index contributed by atoms with van der Waals surface area (Å²) in [6.07, 6.45) is -2.42. The standard InChI is InChI=1S/C15H10BrF3N2O2/c16-9-1-3-11-8(7-9)5-6-21(11)14(23)10-2-4-12(15(17,18)19)20-13(10)22/h1-4,7,10H,5-6H2.